The van der Waals surface area contributed by atoms with Crippen molar-refractivity contribution in [1.82, 2.24) is 19.9 Å². The standard InChI is InChI=1S/C34H37F3N6O3/c1-3-23-26(36)8-7-19-11-22(44)12-24(27(19)23)29-28(37)30-25(14-39-29)32(43-15-20(31(38)45)6-5-18(43)2)41-33(40-30)46-17-34-9-4-10-42(34)16-21(35)13-34/h7-8,11-12,14,18,20-21,44H,3-6,9-10,13,15-17H2,1-2H3,(H2,38,45)/t18-,20+,21-,34+/m1/s1. The molecule has 0 bridgehead atoms. The average Bonchev–Trinajstić information content (AvgIpc) is 3.55. The first kappa shape index (κ1) is 30.5. The zero-order valence-electron chi connectivity index (χ0n) is 25.9. The molecule has 46 heavy (non-hydrogen) atoms. The number of phenols is 1. The molecule has 0 unspecified atom stereocenters. The van der Waals surface area contributed by atoms with E-state index in [1.807, 2.05) is 11.8 Å². The Morgan fingerprint density at radius 1 is 1.20 bits per heavy atom. The fourth-order valence-corrected chi connectivity index (χ4v) is 7.81. The van der Waals surface area contributed by atoms with Gasteiger partial charge in [-0.2, -0.15) is 9.97 Å². The Hall–Kier alpha value is -4.19. The highest BCUT2D eigenvalue weighted by atomic mass is 19.1. The lowest BCUT2D eigenvalue weighted by Gasteiger charge is -2.38. The summed E-state index contributed by atoms with van der Waals surface area (Å²) in [5, 5.41) is 11.9. The number of hydrogen-bond donors (Lipinski definition) is 2. The summed E-state index contributed by atoms with van der Waals surface area (Å²) in [4.78, 5) is 30.0. The average molecular weight is 635 g/mol. The number of carbonyl (C=O) groups excluding carboxylic acids is 1. The molecule has 5 heterocycles. The number of aryl methyl sites for hydroxylation is 1. The minimum Gasteiger partial charge on any atom is -0.508 e. The molecule has 0 radical (unpaired) electrons. The van der Waals surface area contributed by atoms with E-state index >= 15 is 4.39 Å². The largest absolute Gasteiger partial charge is 0.508 e. The number of alkyl halides is 1. The first-order chi connectivity index (χ1) is 22.1. The second kappa shape index (κ2) is 11.6. The molecule has 4 atom stereocenters. The lowest BCUT2D eigenvalue weighted by molar-refractivity contribution is -0.122. The van der Waals surface area contributed by atoms with Crippen LogP contribution in [0.3, 0.4) is 0 Å². The topological polar surface area (TPSA) is 118 Å². The van der Waals surface area contributed by atoms with E-state index in [1.165, 1.54) is 24.4 Å². The van der Waals surface area contributed by atoms with Gasteiger partial charge >= 0.3 is 6.01 Å². The van der Waals surface area contributed by atoms with Crippen LogP contribution in [0.1, 0.15) is 51.5 Å². The third-order valence-electron chi connectivity index (χ3n) is 10.2. The number of aromatic nitrogens is 3. The molecule has 0 aliphatic carbocycles. The van der Waals surface area contributed by atoms with Gasteiger partial charge in [0.2, 0.25) is 5.91 Å². The molecule has 3 aliphatic rings. The molecule has 3 saturated heterocycles. The molecule has 0 spiro atoms. The van der Waals surface area contributed by atoms with Gasteiger partial charge in [-0.25, -0.2) is 13.2 Å². The van der Waals surface area contributed by atoms with Crippen LogP contribution in [-0.4, -0.2) is 74.9 Å². The van der Waals surface area contributed by atoms with Crippen LogP contribution in [0.5, 0.6) is 11.8 Å². The van der Waals surface area contributed by atoms with Gasteiger partial charge in [0.1, 0.15) is 41.4 Å². The summed E-state index contributed by atoms with van der Waals surface area (Å²) in [5.74, 6) is -1.83. The summed E-state index contributed by atoms with van der Waals surface area (Å²) in [7, 11) is 0. The number of rotatable bonds is 7. The summed E-state index contributed by atoms with van der Waals surface area (Å²) >= 11 is 0. The molecule has 242 valence electrons. The quantitative estimate of drug-likeness (QED) is 0.276. The number of carbonyl (C=O) groups is 1. The zero-order valence-corrected chi connectivity index (χ0v) is 25.9. The van der Waals surface area contributed by atoms with Crippen LogP contribution in [0.2, 0.25) is 0 Å². The van der Waals surface area contributed by atoms with Crippen molar-refractivity contribution >= 4 is 33.4 Å². The fraction of sp³-hybridized carbons (Fsp3) is 0.471. The molecule has 12 heteroatoms. The summed E-state index contributed by atoms with van der Waals surface area (Å²) < 4.78 is 52.5. The first-order valence-corrected chi connectivity index (χ1v) is 16.0. The van der Waals surface area contributed by atoms with Gasteiger partial charge in [0.25, 0.3) is 0 Å². The summed E-state index contributed by atoms with van der Waals surface area (Å²) in [6.45, 7) is 5.38. The molecule has 1 amide bonds. The number of fused-ring (bicyclic) bond motifs is 3. The lowest BCUT2D eigenvalue weighted by atomic mass is 9.92. The van der Waals surface area contributed by atoms with Gasteiger partial charge in [0.15, 0.2) is 5.82 Å². The molecule has 2 aromatic heterocycles. The van der Waals surface area contributed by atoms with Gasteiger partial charge in [-0.05, 0) is 80.1 Å². The van der Waals surface area contributed by atoms with E-state index in [0.717, 1.165) is 19.4 Å². The maximum atomic E-state index is 16.9. The molecular weight excluding hydrogens is 597 g/mol. The van der Waals surface area contributed by atoms with Gasteiger partial charge in [0.05, 0.1) is 16.8 Å². The van der Waals surface area contributed by atoms with Gasteiger partial charge in [0, 0.05) is 37.3 Å². The van der Waals surface area contributed by atoms with Crippen LogP contribution >= 0.6 is 0 Å². The van der Waals surface area contributed by atoms with Crippen LogP contribution in [0.15, 0.2) is 30.5 Å². The molecule has 3 aliphatic heterocycles. The van der Waals surface area contributed by atoms with Gasteiger partial charge in [-0.3, -0.25) is 14.7 Å². The lowest BCUT2D eigenvalue weighted by Crippen LogP contribution is -2.46. The maximum Gasteiger partial charge on any atom is 0.319 e. The highest BCUT2D eigenvalue weighted by Gasteiger charge is 2.49. The smallest absolute Gasteiger partial charge is 0.319 e. The Morgan fingerprint density at radius 3 is 2.80 bits per heavy atom. The fourth-order valence-electron chi connectivity index (χ4n) is 7.81. The number of amides is 1. The summed E-state index contributed by atoms with van der Waals surface area (Å²) in [6, 6.07) is 5.63. The SMILES string of the molecule is CCc1c(F)ccc2cc(O)cc(-c3ncc4c(N5C[C@@H](C(N)=O)CC[C@H]5C)nc(OC[C@@]56CCCN5C[C@H](F)C6)nc4c3F)c12. The first-order valence-electron chi connectivity index (χ1n) is 16.0. The van der Waals surface area contributed by atoms with E-state index in [1.54, 1.807) is 13.0 Å². The number of anilines is 1. The highest BCUT2D eigenvalue weighted by molar-refractivity contribution is 6.01. The van der Waals surface area contributed by atoms with Crippen LogP contribution < -0.4 is 15.4 Å². The van der Waals surface area contributed by atoms with Crippen molar-refractivity contribution in [3.05, 3.63) is 47.7 Å². The van der Waals surface area contributed by atoms with Crippen molar-refractivity contribution in [1.29, 1.82) is 0 Å². The number of ether oxygens (including phenoxy) is 1. The number of piperidine rings is 1. The number of nitrogens with two attached hydrogens (primary N) is 1. The summed E-state index contributed by atoms with van der Waals surface area (Å²) in [6.07, 6.45) is 4.21. The third kappa shape index (κ3) is 5.06. The van der Waals surface area contributed by atoms with Crippen LogP contribution in [0, 0.1) is 17.6 Å². The number of halogens is 3. The Labute approximate surface area is 264 Å². The van der Waals surface area contributed by atoms with Crippen LogP contribution in [-0.2, 0) is 11.2 Å². The van der Waals surface area contributed by atoms with Crippen LogP contribution in [0.4, 0.5) is 19.0 Å². The minimum atomic E-state index is -0.946. The van der Waals surface area contributed by atoms with Crippen LogP contribution in [0.25, 0.3) is 32.9 Å². The Bertz CT molecular complexity index is 1860. The molecule has 3 N–H and O–H groups in total. The Balaban J connectivity index is 1.39. The normalized spacial score (nSPS) is 25.0. The van der Waals surface area contributed by atoms with Crippen molar-refractivity contribution in [3.63, 3.8) is 0 Å². The molecule has 0 saturated carbocycles. The van der Waals surface area contributed by atoms with E-state index in [2.05, 4.69) is 14.9 Å². The van der Waals surface area contributed by atoms with Crippen molar-refractivity contribution in [2.24, 2.45) is 11.7 Å². The van der Waals surface area contributed by atoms with E-state index in [9.17, 15) is 18.7 Å². The van der Waals surface area contributed by atoms with E-state index < -0.39 is 35.2 Å². The predicted molar refractivity (Wildman–Crippen MR) is 169 cm³/mol. The zero-order chi connectivity index (χ0) is 32.3. The summed E-state index contributed by atoms with van der Waals surface area (Å²) in [5.41, 5.74) is 5.65. The Kier molecular flexibility index (Phi) is 7.65. The maximum absolute atomic E-state index is 16.9. The van der Waals surface area contributed by atoms with Crippen molar-refractivity contribution < 1.29 is 27.8 Å². The highest BCUT2D eigenvalue weighted by Crippen LogP contribution is 2.42. The molecule has 2 aromatic carbocycles. The van der Waals surface area contributed by atoms with Crippen molar-refractivity contribution in [2.45, 2.75) is 70.1 Å². The minimum absolute atomic E-state index is 0.0552. The Morgan fingerprint density at radius 2 is 2.02 bits per heavy atom. The number of pyridine rings is 1. The van der Waals surface area contributed by atoms with Crippen molar-refractivity contribution in [2.75, 3.05) is 31.1 Å². The van der Waals surface area contributed by atoms with Gasteiger partial charge < -0.3 is 20.5 Å². The molecular formula is C34H37F3N6O3. The number of nitrogens with zero attached hydrogens (tertiary/aromatic N) is 5. The number of aromatic hydroxyl groups is 1. The number of hydrogen-bond acceptors (Lipinski definition) is 8. The van der Waals surface area contributed by atoms with E-state index in [-0.39, 0.29) is 47.7 Å². The number of benzene rings is 2. The van der Waals surface area contributed by atoms with Gasteiger partial charge in [-0.1, -0.05) is 13.0 Å². The monoisotopic (exact) mass is 634 g/mol. The molecule has 9 nitrogen and oxygen atoms in total. The third-order valence-corrected chi connectivity index (χ3v) is 10.2. The number of phenolic OH excluding ortho intramolecular Hbond substituents is 1. The van der Waals surface area contributed by atoms with Gasteiger partial charge in [-0.15, -0.1) is 0 Å². The van der Waals surface area contributed by atoms with Crippen molar-refractivity contribution in [3.8, 4) is 23.0 Å². The molecule has 4 aromatic rings. The van der Waals surface area contributed by atoms with E-state index in [4.69, 9.17) is 15.5 Å². The second-order valence-electron chi connectivity index (χ2n) is 13.0. The second-order valence-corrected chi connectivity index (χ2v) is 13.0. The number of primary amides is 1. The molecule has 7 rings (SSSR count). The molecule has 3 fully saturated rings. The van der Waals surface area contributed by atoms with E-state index in [0.29, 0.717) is 59.8 Å². The predicted octanol–water partition coefficient (Wildman–Crippen LogP) is 5.44.